The number of esters is 3. The highest BCUT2D eigenvalue weighted by Crippen LogP contribution is 2.16. The summed E-state index contributed by atoms with van der Waals surface area (Å²) >= 11 is 0. The highest BCUT2D eigenvalue weighted by Gasteiger charge is 2.19. The van der Waals surface area contributed by atoms with Crippen molar-refractivity contribution < 1.29 is 28.6 Å². The van der Waals surface area contributed by atoms with Crippen molar-refractivity contribution >= 4 is 17.9 Å². The molecule has 0 aliphatic heterocycles. The van der Waals surface area contributed by atoms with E-state index in [4.69, 9.17) is 14.2 Å². The molecule has 0 radical (unpaired) electrons. The minimum absolute atomic E-state index is 0.0781. The number of hydrogen-bond acceptors (Lipinski definition) is 6. The van der Waals surface area contributed by atoms with Gasteiger partial charge in [-0.2, -0.15) is 0 Å². The molecular formula is C62H114O6. The molecule has 0 bridgehead atoms. The predicted octanol–water partition coefficient (Wildman–Crippen LogP) is 20.0. The second kappa shape index (κ2) is 57.2. The van der Waals surface area contributed by atoms with Crippen LogP contribution in [-0.4, -0.2) is 37.2 Å². The van der Waals surface area contributed by atoms with Gasteiger partial charge in [-0.1, -0.05) is 243 Å². The molecule has 6 nitrogen and oxygen atoms in total. The smallest absolute Gasteiger partial charge is 0.306 e. The van der Waals surface area contributed by atoms with Gasteiger partial charge in [0.1, 0.15) is 13.2 Å². The fourth-order valence-electron chi connectivity index (χ4n) is 8.78. The Morgan fingerprint density at radius 3 is 0.735 bits per heavy atom. The molecule has 0 aliphatic rings. The van der Waals surface area contributed by atoms with Crippen molar-refractivity contribution in [2.24, 2.45) is 0 Å². The average molecular weight is 956 g/mol. The number of rotatable bonds is 55. The van der Waals surface area contributed by atoms with E-state index < -0.39 is 6.10 Å². The Morgan fingerprint density at radius 2 is 0.485 bits per heavy atom. The van der Waals surface area contributed by atoms with Crippen LogP contribution >= 0.6 is 0 Å². The molecule has 0 aromatic carbocycles. The van der Waals surface area contributed by atoms with Crippen LogP contribution in [0.3, 0.4) is 0 Å². The molecule has 0 amide bonds. The monoisotopic (exact) mass is 955 g/mol. The molecule has 0 aliphatic carbocycles. The third-order valence-electron chi connectivity index (χ3n) is 13.3. The minimum atomic E-state index is -0.780. The van der Waals surface area contributed by atoms with Gasteiger partial charge >= 0.3 is 17.9 Å². The van der Waals surface area contributed by atoms with Crippen LogP contribution in [0, 0.1) is 0 Å². The van der Waals surface area contributed by atoms with E-state index in [-0.39, 0.29) is 31.1 Å². The lowest BCUT2D eigenvalue weighted by Gasteiger charge is -2.18. The van der Waals surface area contributed by atoms with Crippen LogP contribution in [0.1, 0.15) is 323 Å². The van der Waals surface area contributed by atoms with Crippen molar-refractivity contribution in [3.8, 4) is 0 Å². The Balaban J connectivity index is 4.37. The number of allylic oxidation sites excluding steroid dienone is 6. The fraction of sp³-hybridized carbons (Fsp3) is 0.855. The van der Waals surface area contributed by atoms with E-state index >= 15 is 0 Å². The summed E-state index contributed by atoms with van der Waals surface area (Å²) < 4.78 is 16.9. The minimum Gasteiger partial charge on any atom is -0.462 e. The van der Waals surface area contributed by atoms with Crippen LogP contribution in [0.5, 0.6) is 0 Å². The Morgan fingerprint density at radius 1 is 0.279 bits per heavy atom. The molecular weight excluding hydrogens is 841 g/mol. The average Bonchev–Trinajstić information content (AvgIpc) is 3.34. The Bertz CT molecular complexity index is 1140. The molecule has 0 heterocycles. The highest BCUT2D eigenvalue weighted by molar-refractivity contribution is 5.71. The molecule has 0 saturated carbocycles. The van der Waals surface area contributed by atoms with Crippen molar-refractivity contribution in [1.29, 1.82) is 0 Å². The summed E-state index contributed by atoms with van der Waals surface area (Å²) in [6, 6.07) is 0. The molecule has 0 N–H and O–H groups in total. The first-order valence-electron chi connectivity index (χ1n) is 30.0. The molecule has 1 atom stereocenters. The van der Waals surface area contributed by atoms with Crippen molar-refractivity contribution in [2.45, 2.75) is 329 Å². The maximum absolute atomic E-state index is 12.9. The van der Waals surface area contributed by atoms with Gasteiger partial charge in [0.15, 0.2) is 6.10 Å². The maximum Gasteiger partial charge on any atom is 0.306 e. The van der Waals surface area contributed by atoms with E-state index in [9.17, 15) is 14.4 Å². The van der Waals surface area contributed by atoms with Crippen LogP contribution in [0.4, 0.5) is 0 Å². The van der Waals surface area contributed by atoms with E-state index in [1.54, 1.807) is 0 Å². The SMILES string of the molecule is CCCCCCCCC/C=C\CCCCCCCCCC(=O)OCC(COC(=O)CCCCCCC/C=C\CCCCCCCCC)OC(=O)CCCCCCC/C=C\CCCCCCCCC. The van der Waals surface area contributed by atoms with Crippen molar-refractivity contribution in [3.05, 3.63) is 36.5 Å². The lowest BCUT2D eigenvalue weighted by molar-refractivity contribution is -0.167. The zero-order chi connectivity index (χ0) is 49.3. The van der Waals surface area contributed by atoms with Crippen LogP contribution in [0.15, 0.2) is 36.5 Å². The summed E-state index contributed by atoms with van der Waals surface area (Å²) in [6.07, 6.45) is 68.5. The zero-order valence-corrected chi connectivity index (χ0v) is 45.6. The van der Waals surface area contributed by atoms with Gasteiger partial charge in [-0.15, -0.1) is 0 Å². The van der Waals surface area contributed by atoms with Gasteiger partial charge in [-0.3, -0.25) is 14.4 Å². The number of unbranched alkanes of at least 4 members (excludes halogenated alkanes) is 38. The first-order chi connectivity index (χ1) is 33.5. The first kappa shape index (κ1) is 65.6. The summed E-state index contributed by atoms with van der Waals surface area (Å²) in [5, 5.41) is 0. The van der Waals surface area contributed by atoms with Crippen molar-refractivity contribution in [1.82, 2.24) is 0 Å². The number of carbonyl (C=O) groups is 3. The fourth-order valence-corrected chi connectivity index (χ4v) is 8.78. The first-order valence-corrected chi connectivity index (χ1v) is 30.0. The molecule has 398 valence electrons. The van der Waals surface area contributed by atoms with Crippen molar-refractivity contribution in [3.63, 3.8) is 0 Å². The molecule has 0 rings (SSSR count). The highest BCUT2D eigenvalue weighted by atomic mass is 16.6. The standard InChI is InChI=1S/C62H114O6/c1-4-7-10-13-16-19-22-25-28-31-32-35-37-40-43-46-49-52-55-61(64)67-58-59(68-62(65)56-53-50-47-44-41-38-34-30-27-24-21-18-15-12-9-6-3)57-66-60(63)54-51-48-45-42-39-36-33-29-26-23-20-17-14-11-8-5-2/h28-31,33-34,59H,4-27,32,35-58H2,1-3H3/b31-28-,33-29-,34-30-. The molecule has 0 fully saturated rings. The van der Waals surface area contributed by atoms with Gasteiger partial charge in [-0.05, 0) is 96.3 Å². The van der Waals surface area contributed by atoms with E-state index in [0.717, 1.165) is 70.6 Å². The van der Waals surface area contributed by atoms with Gasteiger partial charge in [0.05, 0.1) is 0 Å². The predicted molar refractivity (Wildman–Crippen MR) is 293 cm³/mol. The van der Waals surface area contributed by atoms with E-state index in [2.05, 4.69) is 57.2 Å². The lowest BCUT2D eigenvalue weighted by Crippen LogP contribution is -2.30. The van der Waals surface area contributed by atoms with Gasteiger partial charge in [-0.25, -0.2) is 0 Å². The quantitative estimate of drug-likeness (QED) is 0.0262. The summed E-state index contributed by atoms with van der Waals surface area (Å²) in [5.74, 6) is -0.881. The zero-order valence-electron chi connectivity index (χ0n) is 45.6. The molecule has 0 saturated heterocycles. The number of carbonyl (C=O) groups excluding carboxylic acids is 3. The third kappa shape index (κ3) is 54.6. The Labute approximate surface area is 423 Å². The summed E-state index contributed by atoms with van der Waals surface area (Å²) in [5.41, 5.74) is 0. The van der Waals surface area contributed by atoms with Gasteiger partial charge in [0.2, 0.25) is 0 Å². The van der Waals surface area contributed by atoms with E-state index in [0.29, 0.717) is 19.3 Å². The van der Waals surface area contributed by atoms with E-state index in [1.165, 1.54) is 212 Å². The second-order valence-corrected chi connectivity index (χ2v) is 20.2. The Hall–Kier alpha value is -2.37. The van der Waals surface area contributed by atoms with Crippen molar-refractivity contribution in [2.75, 3.05) is 13.2 Å². The lowest BCUT2D eigenvalue weighted by atomic mass is 10.1. The number of hydrogen-bond donors (Lipinski definition) is 0. The molecule has 68 heavy (non-hydrogen) atoms. The van der Waals surface area contributed by atoms with Gasteiger partial charge in [0, 0.05) is 19.3 Å². The molecule has 0 spiro atoms. The third-order valence-corrected chi connectivity index (χ3v) is 13.3. The van der Waals surface area contributed by atoms with Crippen LogP contribution in [-0.2, 0) is 28.6 Å². The van der Waals surface area contributed by atoms with Crippen LogP contribution in [0.25, 0.3) is 0 Å². The second-order valence-electron chi connectivity index (χ2n) is 20.2. The number of ether oxygens (including phenoxy) is 3. The summed E-state index contributed by atoms with van der Waals surface area (Å²) in [4.78, 5) is 38.2. The maximum atomic E-state index is 12.9. The molecule has 6 heteroatoms. The van der Waals surface area contributed by atoms with E-state index in [1.807, 2.05) is 0 Å². The largest absolute Gasteiger partial charge is 0.462 e. The molecule has 0 aromatic rings. The summed E-state index contributed by atoms with van der Waals surface area (Å²) in [6.45, 7) is 6.66. The molecule has 0 aromatic heterocycles. The Kier molecular flexibility index (Phi) is 55.2. The summed E-state index contributed by atoms with van der Waals surface area (Å²) in [7, 11) is 0. The molecule has 1 unspecified atom stereocenters. The van der Waals surface area contributed by atoms with Gasteiger partial charge < -0.3 is 14.2 Å². The normalized spacial score (nSPS) is 12.2. The topological polar surface area (TPSA) is 78.9 Å². The van der Waals surface area contributed by atoms with Crippen LogP contribution < -0.4 is 0 Å². The van der Waals surface area contributed by atoms with Crippen LogP contribution in [0.2, 0.25) is 0 Å². The van der Waals surface area contributed by atoms with Gasteiger partial charge in [0.25, 0.3) is 0 Å².